The summed E-state index contributed by atoms with van der Waals surface area (Å²) in [5, 5.41) is 8.26. The van der Waals surface area contributed by atoms with Crippen molar-refractivity contribution in [2.75, 3.05) is 12.8 Å². The number of nitrogens with one attached hydrogen (secondary N) is 1. The SMILES string of the molecule is CC(CNS(=O)(=O)c1cccc(/C=C/C(=O)O)c1)S(C)=O. The van der Waals surface area contributed by atoms with Crippen molar-refractivity contribution in [3.63, 3.8) is 0 Å². The van der Waals surface area contributed by atoms with Crippen molar-refractivity contribution in [2.45, 2.75) is 17.1 Å². The molecule has 2 unspecified atom stereocenters. The summed E-state index contributed by atoms with van der Waals surface area (Å²) in [4.78, 5) is 10.5. The number of carbonyl (C=O) groups is 1. The summed E-state index contributed by atoms with van der Waals surface area (Å²) in [6.07, 6.45) is 3.75. The number of hydrogen-bond donors (Lipinski definition) is 2. The Labute approximate surface area is 126 Å². The Hall–Kier alpha value is -1.51. The van der Waals surface area contributed by atoms with Crippen molar-refractivity contribution in [1.82, 2.24) is 4.72 Å². The van der Waals surface area contributed by atoms with Gasteiger partial charge in [-0.2, -0.15) is 0 Å². The van der Waals surface area contributed by atoms with E-state index in [0.29, 0.717) is 5.56 Å². The number of rotatable bonds is 7. The molecule has 0 fully saturated rings. The zero-order valence-electron chi connectivity index (χ0n) is 11.6. The van der Waals surface area contributed by atoms with Gasteiger partial charge in [0.25, 0.3) is 0 Å². The minimum Gasteiger partial charge on any atom is -0.478 e. The van der Waals surface area contributed by atoms with Gasteiger partial charge in [-0.05, 0) is 30.7 Å². The van der Waals surface area contributed by atoms with Crippen LogP contribution < -0.4 is 4.72 Å². The summed E-state index contributed by atoms with van der Waals surface area (Å²) in [6, 6.07) is 5.91. The van der Waals surface area contributed by atoms with Gasteiger partial charge in [0.15, 0.2) is 0 Å². The zero-order valence-corrected chi connectivity index (χ0v) is 13.3. The monoisotopic (exact) mass is 331 g/mol. The minimum absolute atomic E-state index is 0.0316. The number of carboxylic acid groups (broad SMARTS) is 1. The van der Waals surface area contributed by atoms with Crippen molar-refractivity contribution in [2.24, 2.45) is 0 Å². The van der Waals surface area contributed by atoms with Crippen LogP contribution >= 0.6 is 0 Å². The molecule has 0 spiro atoms. The zero-order chi connectivity index (χ0) is 16.0. The normalized spacial score (nSPS) is 15.0. The van der Waals surface area contributed by atoms with Crippen LogP contribution in [0.4, 0.5) is 0 Å². The Bertz CT molecular complexity index is 667. The molecule has 1 rings (SSSR count). The van der Waals surface area contributed by atoms with Crippen LogP contribution in [0.5, 0.6) is 0 Å². The van der Waals surface area contributed by atoms with E-state index in [-0.39, 0.29) is 16.7 Å². The highest BCUT2D eigenvalue weighted by molar-refractivity contribution is 7.89. The fourth-order valence-corrected chi connectivity index (χ4v) is 2.99. The molecule has 0 bridgehead atoms. The molecule has 0 heterocycles. The van der Waals surface area contributed by atoms with Crippen LogP contribution in [0.25, 0.3) is 6.08 Å². The second-order valence-corrected chi connectivity index (χ2v) is 7.97. The van der Waals surface area contributed by atoms with Gasteiger partial charge < -0.3 is 5.11 Å². The van der Waals surface area contributed by atoms with Gasteiger partial charge in [-0.3, -0.25) is 4.21 Å². The molecule has 8 heteroatoms. The average molecular weight is 331 g/mol. The predicted molar refractivity (Wildman–Crippen MR) is 81.8 cm³/mol. The Morgan fingerprint density at radius 1 is 1.48 bits per heavy atom. The summed E-state index contributed by atoms with van der Waals surface area (Å²) in [5.41, 5.74) is 0.465. The summed E-state index contributed by atoms with van der Waals surface area (Å²) in [6.45, 7) is 1.76. The predicted octanol–water partition coefficient (Wildman–Crippen LogP) is 0.830. The van der Waals surface area contributed by atoms with Crippen LogP contribution in [0.15, 0.2) is 35.2 Å². The van der Waals surface area contributed by atoms with Crippen LogP contribution in [0.3, 0.4) is 0 Å². The van der Waals surface area contributed by atoms with Crippen molar-refractivity contribution >= 4 is 32.9 Å². The fourth-order valence-electron chi connectivity index (χ4n) is 1.38. The number of aliphatic carboxylic acids is 1. The molecule has 21 heavy (non-hydrogen) atoms. The molecule has 0 aliphatic carbocycles. The number of sulfonamides is 1. The highest BCUT2D eigenvalue weighted by atomic mass is 32.2. The van der Waals surface area contributed by atoms with Gasteiger partial charge in [0.05, 0.1) is 4.90 Å². The van der Waals surface area contributed by atoms with Crippen molar-refractivity contribution in [3.8, 4) is 0 Å². The molecular weight excluding hydrogens is 314 g/mol. The van der Waals surface area contributed by atoms with E-state index in [1.54, 1.807) is 13.0 Å². The Morgan fingerprint density at radius 2 is 2.14 bits per heavy atom. The lowest BCUT2D eigenvalue weighted by atomic mass is 10.2. The molecule has 0 saturated heterocycles. The fraction of sp³-hybridized carbons (Fsp3) is 0.308. The second kappa shape index (κ2) is 7.48. The van der Waals surface area contributed by atoms with E-state index in [9.17, 15) is 17.4 Å². The first kappa shape index (κ1) is 17.5. The molecule has 0 aromatic heterocycles. The van der Waals surface area contributed by atoms with Gasteiger partial charge >= 0.3 is 5.97 Å². The number of benzene rings is 1. The van der Waals surface area contributed by atoms with E-state index in [0.717, 1.165) is 6.08 Å². The van der Waals surface area contributed by atoms with E-state index < -0.39 is 26.8 Å². The van der Waals surface area contributed by atoms with Crippen LogP contribution in [0.1, 0.15) is 12.5 Å². The van der Waals surface area contributed by atoms with Gasteiger partial charge in [0.2, 0.25) is 10.0 Å². The topological polar surface area (TPSA) is 101 Å². The van der Waals surface area contributed by atoms with Crippen LogP contribution in [-0.4, -0.2) is 41.8 Å². The van der Waals surface area contributed by atoms with E-state index in [4.69, 9.17) is 5.11 Å². The number of hydrogen-bond acceptors (Lipinski definition) is 4. The molecule has 116 valence electrons. The third kappa shape index (κ3) is 5.78. The molecule has 0 saturated carbocycles. The van der Waals surface area contributed by atoms with Crippen molar-refractivity contribution in [1.29, 1.82) is 0 Å². The van der Waals surface area contributed by atoms with Gasteiger partial charge in [-0.1, -0.05) is 12.1 Å². The molecule has 0 amide bonds. The Morgan fingerprint density at radius 3 is 2.71 bits per heavy atom. The Kier molecular flexibility index (Phi) is 6.25. The van der Waals surface area contributed by atoms with Crippen LogP contribution in [-0.2, 0) is 25.6 Å². The molecule has 1 aromatic rings. The molecule has 2 atom stereocenters. The smallest absolute Gasteiger partial charge is 0.328 e. The van der Waals surface area contributed by atoms with E-state index in [2.05, 4.69) is 4.72 Å². The third-order valence-corrected chi connectivity index (χ3v) is 5.44. The quantitative estimate of drug-likeness (QED) is 0.721. The highest BCUT2D eigenvalue weighted by Crippen LogP contribution is 2.13. The lowest BCUT2D eigenvalue weighted by Crippen LogP contribution is -2.32. The molecular formula is C13H17NO5S2. The first-order valence-electron chi connectivity index (χ1n) is 6.05. The maximum atomic E-state index is 12.1. The van der Waals surface area contributed by atoms with Gasteiger partial charge in [-0.15, -0.1) is 0 Å². The van der Waals surface area contributed by atoms with Gasteiger partial charge in [-0.25, -0.2) is 17.9 Å². The molecule has 1 aromatic carbocycles. The maximum absolute atomic E-state index is 12.1. The first-order chi connectivity index (χ1) is 9.72. The van der Waals surface area contributed by atoms with E-state index in [1.165, 1.54) is 30.5 Å². The summed E-state index contributed by atoms with van der Waals surface area (Å²) < 4.78 is 37.8. The molecule has 6 nitrogen and oxygen atoms in total. The van der Waals surface area contributed by atoms with E-state index in [1.807, 2.05) is 0 Å². The standard InChI is InChI=1S/C13H17NO5S2/c1-10(20(2)17)9-14-21(18,19)12-5-3-4-11(8-12)6-7-13(15)16/h3-8,10,14H,9H2,1-2H3,(H,15,16)/b7-6+. The largest absolute Gasteiger partial charge is 0.478 e. The summed E-state index contributed by atoms with van der Waals surface area (Å²) >= 11 is 0. The molecule has 0 radical (unpaired) electrons. The number of carboxylic acids is 1. The van der Waals surface area contributed by atoms with Crippen LogP contribution in [0.2, 0.25) is 0 Å². The molecule has 0 aliphatic heterocycles. The van der Waals surface area contributed by atoms with Gasteiger partial charge in [0, 0.05) is 34.9 Å². The average Bonchev–Trinajstić information content (AvgIpc) is 2.42. The van der Waals surface area contributed by atoms with Crippen molar-refractivity contribution in [3.05, 3.63) is 35.9 Å². The van der Waals surface area contributed by atoms with E-state index >= 15 is 0 Å². The van der Waals surface area contributed by atoms with Gasteiger partial charge in [0.1, 0.15) is 0 Å². The lowest BCUT2D eigenvalue weighted by molar-refractivity contribution is -0.131. The second-order valence-electron chi connectivity index (χ2n) is 4.41. The van der Waals surface area contributed by atoms with Crippen molar-refractivity contribution < 1.29 is 22.5 Å². The third-order valence-electron chi connectivity index (χ3n) is 2.71. The Balaban J connectivity index is 2.91. The maximum Gasteiger partial charge on any atom is 0.328 e. The summed E-state index contributed by atoms with van der Waals surface area (Å²) in [7, 11) is -4.83. The molecule has 2 N–H and O–H groups in total. The first-order valence-corrected chi connectivity index (χ1v) is 9.16. The van der Waals surface area contributed by atoms with Crippen LogP contribution in [0, 0.1) is 0 Å². The minimum atomic E-state index is -3.72. The highest BCUT2D eigenvalue weighted by Gasteiger charge is 2.16. The molecule has 0 aliphatic rings. The summed E-state index contributed by atoms with van der Waals surface area (Å²) in [5.74, 6) is -1.11. The lowest BCUT2D eigenvalue weighted by Gasteiger charge is -2.11.